The number of aliphatic imine (C=N–C) groups is 2. The summed E-state index contributed by atoms with van der Waals surface area (Å²) in [6.07, 6.45) is 5.91. The summed E-state index contributed by atoms with van der Waals surface area (Å²) in [7, 11) is 0. The van der Waals surface area contributed by atoms with Gasteiger partial charge in [0.05, 0.1) is 11.3 Å². The van der Waals surface area contributed by atoms with Crippen molar-refractivity contribution in [3.05, 3.63) is 21.9 Å². The Morgan fingerprint density at radius 3 is 2.62 bits per heavy atom. The maximum absolute atomic E-state index is 11.9. The molecular formula is C15H18N2O3S. The lowest BCUT2D eigenvalue weighted by Gasteiger charge is -2.21. The van der Waals surface area contributed by atoms with Gasteiger partial charge in [0.25, 0.3) is 0 Å². The summed E-state index contributed by atoms with van der Waals surface area (Å²) in [5, 5.41) is 10.6. The highest BCUT2D eigenvalue weighted by atomic mass is 32.1. The maximum atomic E-state index is 11.9. The highest BCUT2D eigenvalue weighted by Crippen LogP contribution is 2.29. The Balaban J connectivity index is 2.02. The van der Waals surface area contributed by atoms with Gasteiger partial charge in [-0.2, -0.15) is 0 Å². The maximum Gasteiger partial charge on any atom is 0.303 e. The van der Waals surface area contributed by atoms with E-state index in [1.54, 1.807) is 12.4 Å². The first-order valence-corrected chi connectivity index (χ1v) is 7.84. The second kappa shape index (κ2) is 6.76. The lowest BCUT2D eigenvalue weighted by atomic mass is 9.97. The average Bonchev–Trinajstić information content (AvgIpc) is 3.07. The Kier molecular flexibility index (Phi) is 5.01. The van der Waals surface area contributed by atoms with E-state index in [-0.39, 0.29) is 18.6 Å². The third-order valence-corrected chi connectivity index (χ3v) is 4.35. The number of carbonyl (C=O) groups is 2. The van der Waals surface area contributed by atoms with Gasteiger partial charge in [-0.25, -0.2) is 0 Å². The number of carboxylic acids is 1. The average molecular weight is 306 g/mol. The normalized spacial score (nSPS) is 15.5. The van der Waals surface area contributed by atoms with Crippen molar-refractivity contribution in [2.24, 2.45) is 9.98 Å². The third-order valence-electron chi connectivity index (χ3n) is 3.33. The number of thiophene rings is 1. The van der Waals surface area contributed by atoms with Crippen molar-refractivity contribution in [1.82, 2.24) is 0 Å². The van der Waals surface area contributed by atoms with Crippen LogP contribution in [-0.4, -0.2) is 35.0 Å². The van der Waals surface area contributed by atoms with Crippen LogP contribution in [0.5, 0.6) is 0 Å². The van der Waals surface area contributed by atoms with Crippen molar-refractivity contribution in [3.63, 3.8) is 0 Å². The molecule has 0 saturated carbocycles. The molecule has 5 nitrogen and oxygen atoms in total. The predicted octanol–water partition coefficient (Wildman–Crippen LogP) is 2.99. The van der Waals surface area contributed by atoms with Crippen molar-refractivity contribution < 1.29 is 14.7 Å². The number of rotatable bonds is 8. The smallest absolute Gasteiger partial charge is 0.303 e. The molecule has 0 amide bonds. The van der Waals surface area contributed by atoms with Crippen LogP contribution in [0.25, 0.3) is 0 Å². The largest absolute Gasteiger partial charge is 0.481 e. The SMILES string of the molecule is CCCC1(Cc2csc(C(=O)CCC(=O)O)c2)N=CC=N1. The number of ketones is 1. The third kappa shape index (κ3) is 4.07. The van der Waals surface area contributed by atoms with Crippen LogP contribution in [0, 0.1) is 0 Å². The minimum Gasteiger partial charge on any atom is -0.481 e. The molecule has 1 aliphatic heterocycles. The molecule has 0 saturated heterocycles. The number of aliphatic carboxylic acids is 1. The molecule has 0 unspecified atom stereocenters. The van der Waals surface area contributed by atoms with Gasteiger partial charge in [0.15, 0.2) is 11.4 Å². The molecular weight excluding hydrogens is 288 g/mol. The second-order valence-corrected chi connectivity index (χ2v) is 6.01. The zero-order valence-electron chi connectivity index (χ0n) is 11.9. The molecule has 2 heterocycles. The molecule has 112 valence electrons. The fourth-order valence-electron chi connectivity index (χ4n) is 2.37. The molecule has 21 heavy (non-hydrogen) atoms. The molecule has 0 bridgehead atoms. The van der Waals surface area contributed by atoms with Gasteiger partial charge in [0.1, 0.15) is 0 Å². The van der Waals surface area contributed by atoms with E-state index in [9.17, 15) is 9.59 Å². The van der Waals surface area contributed by atoms with Crippen LogP contribution >= 0.6 is 11.3 Å². The van der Waals surface area contributed by atoms with E-state index in [1.165, 1.54) is 11.3 Å². The first-order chi connectivity index (χ1) is 10.0. The molecule has 1 aliphatic rings. The number of carboxylic acid groups (broad SMARTS) is 1. The van der Waals surface area contributed by atoms with E-state index in [0.717, 1.165) is 18.4 Å². The van der Waals surface area contributed by atoms with Crippen molar-refractivity contribution in [3.8, 4) is 0 Å². The molecule has 0 aromatic carbocycles. The van der Waals surface area contributed by atoms with E-state index in [1.807, 2.05) is 11.4 Å². The van der Waals surface area contributed by atoms with Crippen molar-refractivity contribution in [1.29, 1.82) is 0 Å². The first-order valence-electron chi connectivity index (χ1n) is 6.96. The Morgan fingerprint density at radius 1 is 1.29 bits per heavy atom. The van der Waals surface area contributed by atoms with Gasteiger partial charge in [0.2, 0.25) is 0 Å². The van der Waals surface area contributed by atoms with Gasteiger partial charge in [-0.3, -0.25) is 19.6 Å². The van der Waals surface area contributed by atoms with Crippen LogP contribution in [0.15, 0.2) is 21.4 Å². The van der Waals surface area contributed by atoms with E-state index < -0.39 is 11.6 Å². The van der Waals surface area contributed by atoms with Crippen LogP contribution in [0.3, 0.4) is 0 Å². The summed E-state index contributed by atoms with van der Waals surface area (Å²) in [4.78, 5) is 31.9. The Morgan fingerprint density at radius 2 is 2.00 bits per heavy atom. The fraction of sp³-hybridized carbons (Fsp3) is 0.467. The number of nitrogens with zero attached hydrogens (tertiary/aromatic N) is 2. The van der Waals surface area contributed by atoms with Crippen molar-refractivity contribution >= 4 is 35.5 Å². The lowest BCUT2D eigenvalue weighted by molar-refractivity contribution is -0.136. The molecule has 0 aliphatic carbocycles. The fourth-order valence-corrected chi connectivity index (χ4v) is 3.25. The van der Waals surface area contributed by atoms with Crippen LogP contribution in [0.1, 0.15) is 47.8 Å². The number of hydrogen-bond acceptors (Lipinski definition) is 5. The molecule has 6 heteroatoms. The van der Waals surface area contributed by atoms with Gasteiger partial charge in [-0.05, 0) is 23.4 Å². The molecule has 0 fully saturated rings. The van der Waals surface area contributed by atoms with Crippen molar-refractivity contribution in [2.45, 2.75) is 44.7 Å². The monoisotopic (exact) mass is 306 g/mol. The predicted molar refractivity (Wildman–Crippen MR) is 83.8 cm³/mol. The summed E-state index contributed by atoms with van der Waals surface area (Å²) < 4.78 is 0. The van der Waals surface area contributed by atoms with Gasteiger partial charge < -0.3 is 5.11 Å². The van der Waals surface area contributed by atoms with Crippen LogP contribution in [-0.2, 0) is 11.2 Å². The Bertz CT molecular complexity index is 577. The van der Waals surface area contributed by atoms with E-state index in [0.29, 0.717) is 11.3 Å². The second-order valence-electron chi connectivity index (χ2n) is 5.10. The summed E-state index contributed by atoms with van der Waals surface area (Å²) in [6.45, 7) is 2.10. The molecule has 1 aromatic heterocycles. The van der Waals surface area contributed by atoms with Crippen LogP contribution < -0.4 is 0 Å². The molecule has 2 rings (SSSR count). The van der Waals surface area contributed by atoms with Gasteiger partial charge in [-0.1, -0.05) is 13.3 Å². The highest BCUT2D eigenvalue weighted by molar-refractivity contribution is 7.12. The van der Waals surface area contributed by atoms with Crippen molar-refractivity contribution in [2.75, 3.05) is 0 Å². The number of Topliss-reactive ketones (excluding diaryl/α,β-unsaturated/α-hetero) is 1. The van der Waals surface area contributed by atoms with Crippen LogP contribution in [0.2, 0.25) is 0 Å². The van der Waals surface area contributed by atoms with Gasteiger partial charge in [0, 0.05) is 25.3 Å². The summed E-state index contributed by atoms with van der Waals surface area (Å²) >= 11 is 1.36. The molecule has 0 atom stereocenters. The van der Waals surface area contributed by atoms with Gasteiger partial charge in [-0.15, -0.1) is 11.3 Å². The van der Waals surface area contributed by atoms with E-state index in [4.69, 9.17) is 5.11 Å². The zero-order valence-corrected chi connectivity index (χ0v) is 12.7. The minimum atomic E-state index is -0.948. The summed E-state index contributed by atoms with van der Waals surface area (Å²) in [5.41, 5.74) is 0.611. The molecule has 0 spiro atoms. The zero-order chi connectivity index (χ0) is 15.3. The minimum absolute atomic E-state index is 0.0473. The molecule has 1 aromatic rings. The number of hydrogen-bond donors (Lipinski definition) is 1. The molecule has 0 radical (unpaired) electrons. The first kappa shape index (κ1) is 15.6. The lowest BCUT2D eigenvalue weighted by Crippen LogP contribution is -2.24. The van der Waals surface area contributed by atoms with E-state index in [2.05, 4.69) is 16.9 Å². The standard InChI is InChI=1S/C15H18N2O3S/c1-2-5-15(16-6-7-17-15)9-11-8-13(21-10-11)12(18)3-4-14(19)20/h6-8,10H,2-5,9H2,1H3,(H,19,20). The Labute approximate surface area is 127 Å². The summed E-state index contributed by atoms with van der Waals surface area (Å²) in [5.74, 6) is -1.06. The van der Waals surface area contributed by atoms with E-state index >= 15 is 0 Å². The molecule has 1 N–H and O–H groups in total. The van der Waals surface area contributed by atoms with Crippen LogP contribution in [0.4, 0.5) is 0 Å². The Hall–Kier alpha value is -1.82. The number of carbonyl (C=O) groups excluding carboxylic acids is 1. The quantitative estimate of drug-likeness (QED) is 0.750. The highest BCUT2D eigenvalue weighted by Gasteiger charge is 2.29. The topological polar surface area (TPSA) is 79.1 Å². The van der Waals surface area contributed by atoms with Gasteiger partial charge >= 0.3 is 5.97 Å². The summed E-state index contributed by atoms with van der Waals surface area (Å²) in [6, 6.07) is 1.84.